The van der Waals surface area contributed by atoms with Gasteiger partial charge in [-0.05, 0) is 69.4 Å². The summed E-state index contributed by atoms with van der Waals surface area (Å²) in [5.74, 6) is -2.36. The summed E-state index contributed by atoms with van der Waals surface area (Å²) in [5, 5.41) is 12.6. The fraction of sp³-hybridized carbons (Fsp3) is 0.429. The van der Waals surface area contributed by atoms with Crippen molar-refractivity contribution in [3.05, 3.63) is 59.1 Å². The molecule has 2 rings (SSSR count). The lowest BCUT2D eigenvalue weighted by Crippen LogP contribution is -2.47. The third-order valence-corrected chi connectivity index (χ3v) is 5.52. The molecule has 0 aromatic heterocycles. The number of aliphatic carboxylic acids is 1. The Labute approximate surface area is 228 Å². The molecule has 0 aliphatic rings. The number of carboxylic acid groups (broad SMARTS) is 1. The summed E-state index contributed by atoms with van der Waals surface area (Å²) in [7, 11) is 0. The number of hydrogen-bond donors (Lipinski definition) is 2. The molecular formula is C28H35ClN2O7. The zero-order valence-corrected chi connectivity index (χ0v) is 22.9. The third kappa shape index (κ3) is 11.2. The minimum absolute atomic E-state index is 0.0639. The molecule has 0 fully saturated rings. The molecule has 2 aromatic carbocycles. The number of carboxylic acids is 1. The van der Waals surface area contributed by atoms with Gasteiger partial charge in [-0.25, -0.2) is 4.79 Å². The lowest BCUT2D eigenvalue weighted by molar-refractivity contribution is -0.143. The third-order valence-electron chi connectivity index (χ3n) is 5.29. The van der Waals surface area contributed by atoms with Crippen LogP contribution in [-0.2, 0) is 30.3 Å². The first-order chi connectivity index (χ1) is 17.9. The van der Waals surface area contributed by atoms with Crippen molar-refractivity contribution in [2.75, 3.05) is 19.7 Å². The summed E-state index contributed by atoms with van der Waals surface area (Å²) in [6.45, 7) is 5.58. The van der Waals surface area contributed by atoms with Gasteiger partial charge in [-0.2, -0.15) is 0 Å². The van der Waals surface area contributed by atoms with Crippen LogP contribution in [0.2, 0.25) is 5.02 Å². The van der Waals surface area contributed by atoms with Gasteiger partial charge in [-0.3, -0.25) is 19.3 Å². The van der Waals surface area contributed by atoms with Crippen LogP contribution in [-0.4, -0.2) is 65.3 Å². The minimum Gasteiger partial charge on any atom is -0.480 e. The quantitative estimate of drug-likeness (QED) is 0.370. The number of esters is 1. The first kappa shape index (κ1) is 30.6. The van der Waals surface area contributed by atoms with Crippen molar-refractivity contribution in [2.45, 2.75) is 58.6 Å². The number of amides is 2. The van der Waals surface area contributed by atoms with E-state index >= 15 is 0 Å². The van der Waals surface area contributed by atoms with Gasteiger partial charge >= 0.3 is 18.0 Å². The fourth-order valence-electron chi connectivity index (χ4n) is 3.64. The van der Waals surface area contributed by atoms with Gasteiger partial charge in [0.15, 0.2) is 0 Å². The highest BCUT2D eigenvalue weighted by molar-refractivity contribution is 6.30. The summed E-state index contributed by atoms with van der Waals surface area (Å²) in [6.07, 6.45) is 0.0000636. The summed E-state index contributed by atoms with van der Waals surface area (Å²) in [4.78, 5) is 49.4. The van der Waals surface area contributed by atoms with Crippen LogP contribution in [0.4, 0.5) is 4.79 Å². The Morgan fingerprint density at radius 2 is 1.71 bits per heavy atom. The number of hydrogen-bond acceptors (Lipinski definition) is 6. The van der Waals surface area contributed by atoms with Crippen LogP contribution in [0, 0.1) is 0 Å². The van der Waals surface area contributed by atoms with Crippen molar-refractivity contribution < 1.29 is 33.8 Å². The highest BCUT2D eigenvalue weighted by Crippen LogP contribution is 2.23. The van der Waals surface area contributed by atoms with E-state index in [0.717, 1.165) is 21.6 Å². The predicted molar refractivity (Wildman–Crippen MR) is 144 cm³/mol. The fourth-order valence-corrected chi connectivity index (χ4v) is 3.83. The Bertz CT molecular complexity index is 1110. The summed E-state index contributed by atoms with van der Waals surface area (Å²) in [6, 6.07) is 14.9. The predicted octanol–water partition coefficient (Wildman–Crippen LogP) is 4.70. The number of benzene rings is 2. The molecule has 0 bridgehead atoms. The Morgan fingerprint density at radius 3 is 2.29 bits per heavy atom. The number of carbonyl (C=O) groups excluding carboxylic acids is 3. The van der Waals surface area contributed by atoms with Gasteiger partial charge in [-0.1, -0.05) is 48.0 Å². The maximum absolute atomic E-state index is 12.8. The molecule has 1 atom stereocenters. The Morgan fingerprint density at radius 1 is 1.03 bits per heavy atom. The lowest BCUT2D eigenvalue weighted by atomic mass is 9.99. The highest BCUT2D eigenvalue weighted by Gasteiger charge is 2.27. The Kier molecular flexibility index (Phi) is 11.6. The number of nitrogens with zero attached hydrogens (tertiary/aromatic N) is 1. The van der Waals surface area contributed by atoms with E-state index in [2.05, 4.69) is 5.32 Å². The number of ether oxygens (including phenoxy) is 2. The number of carbonyl (C=O) groups is 4. The normalized spacial score (nSPS) is 11.8. The van der Waals surface area contributed by atoms with Crippen molar-refractivity contribution in [1.82, 2.24) is 10.2 Å². The molecule has 0 unspecified atom stereocenters. The SMILES string of the molecule is CCOC(=O)C[C@@H](CCc1ccc(-c2cccc(Cl)c2)cc1)NC(=O)CN(CC(=O)O)C(=O)OC(C)(C)C. The van der Waals surface area contributed by atoms with E-state index in [4.69, 9.17) is 21.1 Å². The molecule has 0 aliphatic heterocycles. The topological polar surface area (TPSA) is 122 Å². The summed E-state index contributed by atoms with van der Waals surface area (Å²) >= 11 is 6.09. The Hall–Kier alpha value is -3.59. The van der Waals surface area contributed by atoms with E-state index in [1.54, 1.807) is 27.7 Å². The van der Waals surface area contributed by atoms with Crippen LogP contribution >= 0.6 is 11.6 Å². The minimum atomic E-state index is -1.28. The standard InChI is InChI=1S/C28H35ClN2O7/c1-5-37-26(35)16-23(30-24(32)17-31(18-25(33)34)27(36)38-28(2,3)4)14-11-19-9-12-20(13-10-19)21-7-6-8-22(29)15-21/h6-10,12-13,15,23H,5,11,14,16-18H2,1-4H3,(H,30,32)(H,33,34)/t23-/m1/s1. The number of aryl methyl sites for hydroxylation is 1. The van der Waals surface area contributed by atoms with Crippen LogP contribution < -0.4 is 5.32 Å². The van der Waals surface area contributed by atoms with Gasteiger partial charge in [0.2, 0.25) is 5.91 Å². The molecule has 10 heteroatoms. The molecular weight excluding hydrogens is 512 g/mol. The molecule has 0 saturated carbocycles. The summed E-state index contributed by atoms with van der Waals surface area (Å²) in [5.41, 5.74) is 2.14. The largest absolute Gasteiger partial charge is 0.480 e. The zero-order valence-electron chi connectivity index (χ0n) is 22.2. The molecule has 206 valence electrons. The van der Waals surface area contributed by atoms with E-state index < -0.39 is 48.7 Å². The van der Waals surface area contributed by atoms with Crippen molar-refractivity contribution in [2.24, 2.45) is 0 Å². The monoisotopic (exact) mass is 546 g/mol. The van der Waals surface area contributed by atoms with Gasteiger partial charge in [0.05, 0.1) is 13.0 Å². The second kappa shape index (κ2) is 14.4. The molecule has 2 amide bonds. The smallest absolute Gasteiger partial charge is 0.411 e. The molecule has 2 aromatic rings. The van der Waals surface area contributed by atoms with Crippen molar-refractivity contribution in [3.8, 4) is 11.1 Å². The molecule has 0 aliphatic carbocycles. The second-order valence-electron chi connectivity index (χ2n) is 9.75. The molecule has 0 heterocycles. The van der Waals surface area contributed by atoms with Gasteiger partial charge in [0.1, 0.15) is 18.7 Å². The van der Waals surface area contributed by atoms with Crippen LogP contribution in [0.5, 0.6) is 0 Å². The molecule has 0 saturated heterocycles. The van der Waals surface area contributed by atoms with Crippen LogP contribution in [0.3, 0.4) is 0 Å². The van der Waals surface area contributed by atoms with Crippen molar-refractivity contribution in [1.29, 1.82) is 0 Å². The number of halogens is 1. The summed E-state index contributed by atoms with van der Waals surface area (Å²) < 4.78 is 10.3. The maximum Gasteiger partial charge on any atom is 0.411 e. The average molecular weight is 547 g/mol. The van der Waals surface area contributed by atoms with Gasteiger partial charge < -0.3 is 19.9 Å². The molecule has 2 N–H and O–H groups in total. The first-order valence-corrected chi connectivity index (χ1v) is 12.7. The molecule has 0 radical (unpaired) electrons. The zero-order chi connectivity index (χ0) is 28.3. The van der Waals surface area contributed by atoms with Gasteiger partial charge in [0.25, 0.3) is 0 Å². The second-order valence-corrected chi connectivity index (χ2v) is 10.2. The lowest BCUT2D eigenvalue weighted by Gasteiger charge is -2.26. The average Bonchev–Trinajstić information content (AvgIpc) is 2.81. The van der Waals surface area contributed by atoms with Crippen molar-refractivity contribution >= 4 is 35.5 Å². The van der Waals surface area contributed by atoms with Crippen molar-refractivity contribution in [3.63, 3.8) is 0 Å². The van der Waals surface area contributed by atoms with E-state index in [0.29, 0.717) is 17.9 Å². The Balaban J connectivity index is 2.07. The van der Waals surface area contributed by atoms with E-state index in [-0.39, 0.29) is 13.0 Å². The van der Waals surface area contributed by atoms with Gasteiger partial charge in [0, 0.05) is 11.1 Å². The van der Waals surface area contributed by atoms with Crippen LogP contribution in [0.1, 0.15) is 46.1 Å². The maximum atomic E-state index is 12.8. The van der Waals surface area contributed by atoms with E-state index in [1.165, 1.54) is 0 Å². The van der Waals surface area contributed by atoms with E-state index in [1.807, 2.05) is 48.5 Å². The van der Waals surface area contributed by atoms with Crippen LogP contribution in [0.15, 0.2) is 48.5 Å². The first-order valence-electron chi connectivity index (χ1n) is 12.4. The number of rotatable bonds is 12. The molecule has 0 spiro atoms. The number of nitrogens with one attached hydrogen (secondary N) is 1. The molecule has 9 nitrogen and oxygen atoms in total. The molecule has 38 heavy (non-hydrogen) atoms. The van der Waals surface area contributed by atoms with Crippen LogP contribution in [0.25, 0.3) is 11.1 Å². The highest BCUT2D eigenvalue weighted by atomic mass is 35.5. The van der Waals surface area contributed by atoms with E-state index in [9.17, 15) is 24.3 Å². The van der Waals surface area contributed by atoms with Gasteiger partial charge in [-0.15, -0.1) is 0 Å².